The predicted molar refractivity (Wildman–Crippen MR) is 102 cm³/mol. The highest BCUT2D eigenvalue weighted by atomic mass is 16.5. The van der Waals surface area contributed by atoms with Gasteiger partial charge in [-0.1, -0.05) is 36.4 Å². The zero-order valence-electron chi connectivity index (χ0n) is 14.4. The van der Waals surface area contributed by atoms with Gasteiger partial charge in [-0.05, 0) is 54.4 Å². The lowest BCUT2D eigenvalue weighted by Crippen LogP contribution is -2.02. The standard InChI is InChI=1S/C22H20N2O/c1-16-8-13-20-21(14-16)24(15-17-6-4-3-5-7-17)22(23-20)18-9-11-19(25-2)12-10-18/h3-14H,15H2,1-2H3. The Labute approximate surface area is 147 Å². The Morgan fingerprint density at radius 3 is 2.40 bits per heavy atom. The molecule has 0 unspecified atom stereocenters. The molecule has 0 amide bonds. The van der Waals surface area contributed by atoms with Gasteiger partial charge in [0.25, 0.3) is 0 Å². The fourth-order valence-electron chi connectivity index (χ4n) is 3.12. The Morgan fingerprint density at radius 2 is 1.68 bits per heavy atom. The number of imidazole rings is 1. The highest BCUT2D eigenvalue weighted by Crippen LogP contribution is 2.28. The number of aryl methyl sites for hydroxylation is 1. The maximum absolute atomic E-state index is 5.28. The van der Waals surface area contributed by atoms with Gasteiger partial charge < -0.3 is 9.30 Å². The van der Waals surface area contributed by atoms with Crippen molar-refractivity contribution < 1.29 is 4.74 Å². The molecule has 3 aromatic carbocycles. The van der Waals surface area contributed by atoms with E-state index >= 15 is 0 Å². The molecule has 124 valence electrons. The number of nitrogens with zero attached hydrogens (tertiary/aromatic N) is 2. The van der Waals surface area contributed by atoms with Crippen molar-refractivity contribution in [1.82, 2.24) is 9.55 Å². The van der Waals surface area contributed by atoms with Crippen LogP contribution < -0.4 is 4.74 Å². The van der Waals surface area contributed by atoms with E-state index in [4.69, 9.17) is 9.72 Å². The van der Waals surface area contributed by atoms with Gasteiger partial charge in [-0.3, -0.25) is 0 Å². The largest absolute Gasteiger partial charge is 0.497 e. The molecule has 1 aromatic heterocycles. The van der Waals surface area contributed by atoms with E-state index in [0.29, 0.717) is 0 Å². The van der Waals surface area contributed by atoms with Crippen LogP contribution in [-0.2, 0) is 6.54 Å². The molecule has 0 fully saturated rings. The first-order chi connectivity index (χ1) is 12.2. The van der Waals surface area contributed by atoms with Crippen molar-refractivity contribution in [2.24, 2.45) is 0 Å². The lowest BCUT2D eigenvalue weighted by molar-refractivity contribution is 0.415. The highest BCUT2D eigenvalue weighted by molar-refractivity contribution is 5.81. The van der Waals surface area contributed by atoms with Crippen molar-refractivity contribution in [3.05, 3.63) is 83.9 Å². The molecule has 0 N–H and O–H groups in total. The Bertz CT molecular complexity index is 1000. The summed E-state index contributed by atoms with van der Waals surface area (Å²) in [7, 11) is 1.68. The minimum Gasteiger partial charge on any atom is -0.497 e. The van der Waals surface area contributed by atoms with E-state index in [9.17, 15) is 0 Å². The molecule has 3 heteroatoms. The Hall–Kier alpha value is -3.07. The van der Waals surface area contributed by atoms with Crippen molar-refractivity contribution in [2.75, 3.05) is 7.11 Å². The zero-order valence-corrected chi connectivity index (χ0v) is 14.4. The van der Waals surface area contributed by atoms with Crippen LogP contribution in [0.4, 0.5) is 0 Å². The fraction of sp³-hybridized carbons (Fsp3) is 0.136. The third-order valence-corrected chi connectivity index (χ3v) is 4.44. The topological polar surface area (TPSA) is 27.1 Å². The molecular formula is C22H20N2O. The molecule has 0 saturated heterocycles. The van der Waals surface area contributed by atoms with E-state index in [1.807, 2.05) is 18.2 Å². The minimum absolute atomic E-state index is 0.794. The van der Waals surface area contributed by atoms with Gasteiger partial charge in [0.2, 0.25) is 0 Å². The minimum atomic E-state index is 0.794. The van der Waals surface area contributed by atoms with Crippen molar-refractivity contribution in [1.29, 1.82) is 0 Å². The van der Waals surface area contributed by atoms with Gasteiger partial charge >= 0.3 is 0 Å². The van der Waals surface area contributed by atoms with Gasteiger partial charge in [-0.25, -0.2) is 4.98 Å². The van der Waals surface area contributed by atoms with Crippen LogP contribution >= 0.6 is 0 Å². The molecule has 0 saturated carbocycles. The lowest BCUT2D eigenvalue weighted by atomic mass is 10.1. The van der Waals surface area contributed by atoms with E-state index in [1.165, 1.54) is 11.1 Å². The number of methoxy groups -OCH3 is 1. The second kappa shape index (κ2) is 6.44. The summed E-state index contributed by atoms with van der Waals surface area (Å²) in [6.45, 7) is 2.91. The van der Waals surface area contributed by atoms with Gasteiger partial charge in [0.1, 0.15) is 11.6 Å². The molecule has 0 aliphatic rings. The monoisotopic (exact) mass is 328 g/mol. The number of hydrogen-bond acceptors (Lipinski definition) is 2. The molecule has 4 aromatic rings. The van der Waals surface area contributed by atoms with Crippen molar-refractivity contribution in [2.45, 2.75) is 13.5 Å². The first-order valence-electron chi connectivity index (χ1n) is 8.40. The van der Waals surface area contributed by atoms with Crippen LogP contribution in [-0.4, -0.2) is 16.7 Å². The maximum atomic E-state index is 5.28. The normalized spacial score (nSPS) is 11.0. The summed E-state index contributed by atoms with van der Waals surface area (Å²) in [6, 6.07) is 25.0. The van der Waals surface area contributed by atoms with Gasteiger partial charge in [0.15, 0.2) is 0 Å². The lowest BCUT2D eigenvalue weighted by Gasteiger charge is -2.10. The van der Waals surface area contributed by atoms with Crippen molar-refractivity contribution in [3.8, 4) is 17.1 Å². The number of aromatic nitrogens is 2. The Morgan fingerprint density at radius 1 is 0.920 bits per heavy atom. The molecule has 0 spiro atoms. The maximum Gasteiger partial charge on any atom is 0.141 e. The fourth-order valence-corrected chi connectivity index (χ4v) is 3.12. The summed E-state index contributed by atoms with van der Waals surface area (Å²) in [6.07, 6.45) is 0. The summed E-state index contributed by atoms with van der Waals surface area (Å²) in [5.41, 5.74) is 5.77. The van der Waals surface area contributed by atoms with Crippen LogP contribution in [0.15, 0.2) is 72.8 Å². The average Bonchev–Trinajstić information content (AvgIpc) is 3.00. The molecular weight excluding hydrogens is 308 g/mol. The smallest absolute Gasteiger partial charge is 0.141 e. The van der Waals surface area contributed by atoms with Crippen LogP contribution in [0.5, 0.6) is 5.75 Å². The third-order valence-electron chi connectivity index (χ3n) is 4.44. The number of rotatable bonds is 4. The number of fused-ring (bicyclic) bond motifs is 1. The third kappa shape index (κ3) is 3.01. The molecule has 0 radical (unpaired) electrons. The SMILES string of the molecule is COc1ccc(-c2nc3ccc(C)cc3n2Cc2ccccc2)cc1. The van der Waals surface area contributed by atoms with Gasteiger partial charge in [-0.2, -0.15) is 0 Å². The first kappa shape index (κ1) is 15.5. The van der Waals surface area contributed by atoms with Crippen LogP contribution in [0.25, 0.3) is 22.4 Å². The van der Waals surface area contributed by atoms with E-state index in [2.05, 4.69) is 66.1 Å². The van der Waals surface area contributed by atoms with Crippen molar-refractivity contribution >= 4 is 11.0 Å². The Kier molecular flexibility index (Phi) is 3.98. The van der Waals surface area contributed by atoms with Gasteiger partial charge in [-0.15, -0.1) is 0 Å². The molecule has 0 atom stereocenters. The summed E-state index contributed by atoms with van der Waals surface area (Å²) < 4.78 is 7.57. The van der Waals surface area contributed by atoms with Crippen LogP contribution in [0, 0.1) is 6.92 Å². The van der Waals surface area contributed by atoms with E-state index in [-0.39, 0.29) is 0 Å². The Balaban J connectivity index is 1.88. The first-order valence-corrected chi connectivity index (χ1v) is 8.40. The second-order valence-corrected chi connectivity index (χ2v) is 6.23. The number of benzene rings is 3. The number of hydrogen-bond donors (Lipinski definition) is 0. The molecule has 1 heterocycles. The quantitative estimate of drug-likeness (QED) is 0.523. The van der Waals surface area contributed by atoms with Crippen LogP contribution in [0.1, 0.15) is 11.1 Å². The summed E-state index contributed by atoms with van der Waals surface area (Å²) in [4.78, 5) is 4.90. The summed E-state index contributed by atoms with van der Waals surface area (Å²) in [5.74, 6) is 1.83. The zero-order chi connectivity index (χ0) is 17.2. The molecule has 25 heavy (non-hydrogen) atoms. The van der Waals surface area contributed by atoms with E-state index in [1.54, 1.807) is 7.11 Å². The highest BCUT2D eigenvalue weighted by Gasteiger charge is 2.13. The molecule has 0 bridgehead atoms. The molecule has 4 rings (SSSR count). The summed E-state index contributed by atoms with van der Waals surface area (Å²) >= 11 is 0. The van der Waals surface area contributed by atoms with Gasteiger partial charge in [0.05, 0.1) is 18.1 Å². The van der Waals surface area contributed by atoms with Gasteiger partial charge in [0, 0.05) is 12.1 Å². The summed E-state index contributed by atoms with van der Waals surface area (Å²) in [5, 5.41) is 0. The predicted octanol–water partition coefficient (Wildman–Crippen LogP) is 5.07. The molecule has 3 nitrogen and oxygen atoms in total. The number of ether oxygens (including phenoxy) is 1. The second-order valence-electron chi connectivity index (χ2n) is 6.23. The average molecular weight is 328 g/mol. The van der Waals surface area contributed by atoms with E-state index < -0.39 is 0 Å². The van der Waals surface area contributed by atoms with E-state index in [0.717, 1.165) is 34.7 Å². The van der Waals surface area contributed by atoms with Crippen LogP contribution in [0.2, 0.25) is 0 Å². The van der Waals surface area contributed by atoms with Crippen molar-refractivity contribution in [3.63, 3.8) is 0 Å². The molecule has 0 aliphatic carbocycles. The molecule has 0 aliphatic heterocycles. The van der Waals surface area contributed by atoms with Crippen LogP contribution in [0.3, 0.4) is 0 Å².